The third-order valence-corrected chi connectivity index (χ3v) is 4.99. The zero-order valence-electron chi connectivity index (χ0n) is 14.3. The van der Waals surface area contributed by atoms with E-state index < -0.39 is 0 Å². The van der Waals surface area contributed by atoms with Gasteiger partial charge in [0.2, 0.25) is 0 Å². The van der Waals surface area contributed by atoms with Crippen LogP contribution in [0, 0.1) is 11.3 Å². The first-order valence-corrected chi connectivity index (χ1v) is 8.91. The van der Waals surface area contributed by atoms with Gasteiger partial charge in [-0.2, -0.15) is 5.26 Å². The van der Waals surface area contributed by atoms with Crippen molar-refractivity contribution in [1.29, 1.82) is 5.26 Å². The number of benzene rings is 2. The van der Waals surface area contributed by atoms with E-state index in [4.69, 9.17) is 0 Å². The zero-order valence-corrected chi connectivity index (χ0v) is 15.1. The molecule has 0 fully saturated rings. The molecule has 0 saturated heterocycles. The van der Waals surface area contributed by atoms with E-state index in [1.807, 2.05) is 54.6 Å². The normalized spacial score (nSPS) is 10.2. The van der Waals surface area contributed by atoms with Crippen LogP contribution in [0.1, 0.15) is 21.5 Å². The molecule has 4 nitrogen and oxygen atoms in total. The first kappa shape index (κ1) is 17.7. The fourth-order valence-corrected chi connectivity index (χ4v) is 3.56. The molecule has 1 heterocycles. The van der Waals surface area contributed by atoms with E-state index in [-0.39, 0.29) is 5.91 Å². The SMILES string of the molecule is CN(Cc1cccnc1)C(=O)c1ccccc1Sc1ccccc1C#N. The Labute approximate surface area is 157 Å². The van der Waals surface area contributed by atoms with Crippen LogP contribution in [-0.2, 0) is 6.54 Å². The lowest BCUT2D eigenvalue weighted by atomic mass is 10.2. The fourth-order valence-electron chi connectivity index (χ4n) is 2.54. The lowest BCUT2D eigenvalue weighted by molar-refractivity contribution is 0.0781. The van der Waals surface area contributed by atoms with Crippen molar-refractivity contribution < 1.29 is 4.79 Å². The molecule has 5 heteroatoms. The molecule has 26 heavy (non-hydrogen) atoms. The predicted molar refractivity (Wildman–Crippen MR) is 102 cm³/mol. The third-order valence-electron chi connectivity index (χ3n) is 3.83. The Morgan fingerprint density at radius 3 is 2.54 bits per heavy atom. The number of carbonyl (C=O) groups is 1. The Morgan fingerprint density at radius 2 is 1.81 bits per heavy atom. The molecule has 0 unspecified atom stereocenters. The summed E-state index contributed by atoms with van der Waals surface area (Å²) in [6.07, 6.45) is 3.47. The largest absolute Gasteiger partial charge is 0.337 e. The zero-order chi connectivity index (χ0) is 18.4. The van der Waals surface area contributed by atoms with E-state index in [2.05, 4.69) is 11.1 Å². The van der Waals surface area contributed by atoms with Crippen molar-refractivity contribution >= 4 is 17.7 Å². The Morgan fingerprint density at radius 1 is 1.08 bits per heavy atom. The molecule has 0 saturated carbocycles. The fraction of sp³-hybridized carbons (Fsp3) is 0.0952. The van der Waals surface area contributed by atoms with Gasteiger partial charge in [-0.3, -0.25) is 9.78 Å². The van der Waals surface area contributed by atoms with Crippen molar-refractivity contribution in [2.75, 3.05) is 7.05 Å². The molecule has 0 aliphatic heterocycles. The maximum atomic E-state index is 12.9. The first-order valence-electron chi connectivity index (χ1n) is 8.09. The van der Waals surface area contributed by atoms with Gasteiger partial charge in [0.05, 0.1) is 11.1 Å². The van der Waals surface area contributed by atoms with Crippen LogP contribution in [0.4, 0.5) is 0 Å². The van der Waals surface area contributed by atoms with Crippen LogP contribution >= 0.6 is 11.8 Å². The number of amides is 1. The first-order chi connectivity index (χ1) is 12.7. The smallest absolute Gasteiger partial charge is 0.255 e. The second kappa shape index (κ2) is 8.32. The monoisotopic (exact) mass is 359 g/mol. The number of nitriles is 1. The summed E-state index contributed by atoms with van der Waals surface area (Å²) >= 11 is 1.44. The van der Waals surface area contributed by atoms with Crippen molar-refractivity contribution in [2.45, 2.75) is 16.3 Å². The second-order valence-electron chi connectivity index (χ2n) is 5.73. The number of carbonyl (C=O) groups excluding carboxylic acids is 1. The van der Waals surface area contributed by atoms with E-state index in [0.717, 1.165) is 15.4 Å². The molecule has 3 aromatic rings. The Balaban J connectivity index is 1.84. The molecule has 0 atom stereocenters. The molecule has 0 aliphatic rings. The number of hydrogen-bond acceptors (Lipinski definition) is 4. The lowest BCUT2D eigenvalue weighted by Gasteiger charge is -2.19. The van der Waals surface area contributed by atoms with Gasteiger partial charge < -0.3 is 4.90 Å². The Kier molecular flexibility index (Phi) is 5.67. The minimum atomic E-state index is -0.0635. The molecule has 128 valence electrons. The van der Waals surface area contributed by atoms with Gasteiger partial charge in [0.25, 0.3) is 5.91 Å². The van der Waals surface area contributed by atoms with E-state index >= 15 is 0 Å². The summed E-state index contributed by atoms with van der Waals surface area (Å²) in [4.78, 5) is 20.4. The molecule has 3 rings (SSSR count). The Bertz CT molecular complexity index is 951. The lowest BCUT2D eigenvalue weighted by Crippen LogP contribution is -2.26. The molecule has 0 bridgehead atoms. The van der Waals surface area contributed by atoms with Crippen LogP contribution in [0.2, 0.25) is 0 Å². The number of nitrogens with zero attached hydrogens (tertiary/aromatic N) is 3. The highest BCUT2D eigenvalue weighted by Gasteiger charge is 2.17. The van der Waals surface area contributed by atoms with Crippen LogP contribution in [-0.4, -0.2) is 22.8 Å². The standard InChI is InChI=1S/C21H17N3OS/c1-24(15-16-7-6-12-23-14-16)21(25)18-9-3-5-11-20(18)26-19-10-4-2-8-17(19)13-22/h2-12,14H,15H2,1H3. The van der Waals surface area contributed by atoms with Crippen molar-refractivity contribution in [2.24, 2.45) is 0 Å². The summed E-state index contributed by atoms with van der Waals surface area (Å²) in [5, 5.41) is 9.28. The number of aromatic nitrogens is 1. The van der Waals surface area contributed by atoms with Crippen molar-refractivity contribution in [3.05, 3.63) is 89.7 Å². The Hall–Kier alpha value is -3.10. The van der Waals surface area contributed by atoms with Gasteiger partial charge in [-0.05, 0) is 35.9 Å². The third kappa shape index (κ3) is 4.11. The molecule has 0 N–H and O–H groups in total. The maximum Gasteiger partial charge on any atom is 0.255 e. The highest BCUT2D eigenvalue weighted by molar-refractivity contribution is 7.99. The molecule has 0 radical (unpaired) electrons. The summed E-state index contributed by atoms with van der Waals surface area (Å²) in [6, 6.07) is 20.9. The number of hydrogen-bond donors (Lipinski definition) is 0. The molecular weight excluding hydrogens is 342 g/mol. The van der Waals surface area contributed by atoms with Crippen LogP contribution in [0.3, 0.4) is 0 Å². The van der Waals surface area contributed by atoms with Gasteiger partial charge >= 0.3 is 0 Å². The van der Waals surface area contributed by atoms with Crippen LogP contribution in [0.5, 0.6) is 0 Å². The molecule has 1 amide bonds. The van der Waals surface area contributed by atoms with Crippen molar-refractivity contribution in [3.8, 4) is 6.07 Å². The van der Waals surface area contributed by atoms with E-state index in [1.165, 1.54) is 11.8 Å². The number of pyridine rings is 1. The molecule has 0 aliphatic carbocycles. The average molecular weight is 359 g/mol. The highest BCUT2D eigenvalue weighted by Crippen LogP contribution is 2.33. The minimum absolute atomic E-state index is 0.0635. The quantitative estimate of drug-likeness (QED) is 0.678. The van der Waals surface area contributed by atoms with Gasteiger partial charge in [0.15, 0.2) is 0 Å². The second-order valence-corrected chi connectivity index (χ2v) is 6.81. The molecule has 2 aromatic carbocycles. The van der Waals surface area contributed by atoms with Crippen LogP contribution < -0.4 is 0 Å². The molecular formula is C21H17N3OS. The summed E-state index contributed by atoms with van der Waals surface area (Å²) < 4.78 is 0. The predicted octanol–water partition coefficient (Wildman–Crippen LogP) is 4.38. The molecule has 0 spiro atoms. The van der Waals surface area contributed by atoms with Gasteiger partial charge in [-0.1, -0.05) is 42.1 Å². The van der Waals surface area contributed by atoms with Gasteiger partial charge in [-0.15, -0.1) is 0 Å². The topological polar surface area (TPSA) is 57.0 Å². The van der Waals surface area contributed by atoms with Crippen molar-refractivity contribution in [1.82, 2.24) is 9.88 Å². The number of rotatable bonds is 5. The van der Waals surface area contributed by atoms with E-state index in [1.54, 1.807) is 30.4 Å². The minimum Gasteiger partial charge on any atom is -0.337 e. The van der Waals surface area contributed by atoms with Crippen LogP contribution in [0.25, 0.3) is 0 Å². The van der Waals surface area contributed by atoms with Crippen LogP contribution in [0.15, 0.2) is 82.8 Å². The average Bonchev–Trinajstić information content (AvgIpc) is 2.69. The summed E-state index contributed by atoms with van der Waals surface area (Å²) in [5.74, 6) is -0.0635. The highest BCUT2D eigenvalue weighted by atomic mass is 32.2. The van der Waals surface area contributed by atoms with Gasteiger partial charge in [0, 0.05) is 35.8 Å². The molecule has 1 aromatic heterocycles. The summed E-state index contributed by atoms with van der Waals surface area (Å²) in [7, 11) is 1.78. The van der Waals surface area contributed by atoms with Gasteiger partial charge in [-0.25, -0.2) is 0 Å². The van der Waals surface area contributed by atoms with E-state index in [0.29, 0.717) is 17.7 Å². The van der Waals surface area contributed by atoms with Crippen molar-refractivity contribution in [3.63, 3.8) is 0 Å². The maximum absolute atomic E-state index is 12.9. The van der Waals surface area contributed by atoms with Gasteiger partial charge in [0.1, 0.15) is 6.07 Å². The summed E-state index contributed by atoms with van der Waals surface area (Å²) in [5.41, 5.74) is 2.20. The summed E-state index contributed by atoms with van der Waals surface area (Å²) in [6.45, 7) is 0.487. The van der Waals surface area contributed by atoms with E-state index in [9.17, 15) is 10.1 Å².